The molecule has 0 spiro atoms. The molecule has 0 radical (unpaired) electrons. The molecule has 0 atom stereocenters. The van der Waals surface area contributed by atoms with E-state index in [1.807, 2.05) is 0 Å². The summed E-state index contributed by atoms with van der Waals surface area (Å²) in [6.07, 6.45) is 3.40. The van der Waals surface area contributed by atoms with Gasteiger partial charge in [0.15, 0.2) is 5.17 Å². The number of rotatable bonds is 7. The zero-order chi connectivity index (χ0) is 19.1. The van der Waals surface area contributed by atoms with E-state index in [1.165, 1.54) is 34.8 Å². The number of benzene rings is 1. The molecule has 0 unspecified atom stereocenters. The first kappa shape index (κ1) is 20.0. The number of aliphatic imine (C=N–C) groups is 1. The highest BCUT2D eigenvalue weighted by atomic mass is 32.2. The number of aryl methyl sites for hydroxylation is 1. The van der Waals surface area contributed by atoms with Crippen molar-refractivity contribution in [3.05, 3.63) is 64.8 Å². The Morgan fingerprint density at radius 3 is 2.62 bits per heavy atom. The van der Waals surface area contributed by atoms with Gasteiger partial charge in [-0.05, 0) is 30.7 Å². The Labute approximate surface area is 160 Å². The number of thioether (sulfide) groups is 1. The van der Waals surface area contributed by atoms with Gasteiger partial charge >= 0.3 is 0 Å². The summed E-state index contributed by atoms with van der Waals surface area (Å²) in [7, 11) is 0. The van der Waals surface area contributed by atoms with Gasteiger partial charge < -0.3 is 17.2 Å². The Hall–Kier alpha value is -2.32. The minimum Gasteiger partial charge on any atom is -0.399 e. The van der Waals surface area contributed by atoms with Gasteiger partial charge in [-0.1, -0.05) is 31.7 Å². The van der Waals surface area contributed by atoms with Gasteiger partial charge in [-0.3, -0.25) is 0 Å². The minimum absolute atomic E-state index is 0.210. The molecule has 5 nitrogen and oxygen atoms in total. The molecular formula is C18H22FN5S2. The SMILES string of the molecule is C=C(N)/C=C(/N)N=C(N)SCc1nc(-c2ccc(F)cc2)sc1CCC. The number of hydrogen-bond donors (Lipinski definition) is 3. The van der Waals surface area contributed by atoms with E-state index in [2.05, 4.69) is 18.5 Å². The van der Waals surface area contributed by atoms with Crippen molar-refractivity contribution in [3.8, 4) is 10.6 Å². The summed E-state index contributed by atoms with van der Waals surface area (Å²) in [6, 6.07) is 6.36. The van der Waals surface area contributed by atoms with Crippen molar-refractivity contribution < 1.29 is 4.39 Å². The molecule has 1 aromatic heterocycles. The Morgan fingerprint density at radius 2 is 2.00 bits per heavy atom. The molecule has 6 N–H and O–H groups in total. The molecule has 0 saturated carbocycles. The third kappa shape index (κ3) is 5.89. The van der Waals surface area contributed by atoms with E-state index >= 15 is 0 Å². The molecular weight excluding hydrogens is 369 g/mol. The monoisotopic (exact) mass is 391 g/mol. The first-order chi connectivity index (χ1) is 12.4. The fourth-order valence-electron chi connectivity index (χ4n) is 2.16. The van der Waals surface area contributed by atoms with Crippen molar-refractivity contribution in [1.82, 2.24) is 4.98 Å². The maximum Gasteiger partial charge on any atom is 0.161 e. The van der Waals surface area contributed by atoms with Crippen LogP contribution in [0.1, 0.15) is 23.9 Å². The molecule has 1 aromatic carbocycles. The summed E-state index contributed by atoms with van der Waals surface area (Å²) >= 11 is 2.98. The fourth-order valence-corrected chi connectivity index (χ4v) is 4.13. The second kappa shape index (κ2) is 9.40. The predicted molar refractivity (Wildman–Crippen MR) is 110 cm³/mol. The Bertz CT molecular complexity index is 825. The van der Waals surface area contributed by atoms with Crippen molar-refractivity contribution in [2.75, 3.05) is 0 Å². The molecule has 2 aromatic rings. The van der Waals surface area contributed by atoms with Gasteiger partial charge in [0.05, 0.1) is 5.69 Å². The molecule has 0 fully saturated rings. The number of amidine groups is 1. The van der Waals surface area contributed by atoms with Crippen LogP contribution in [0.5, 0.6) is 0 Å². The molecule has 138 valence electrons. The highest BCUT2D eigenvalue weighted by Crippen LogP contribution is 2.31. The molecule has 2 rings (SSSR count). The largest absolute Gasteiger partial charge is 0.399 e. The van der Waals surface area contributed by atoms with Crippen LogP contribution >= 0.6 is 23.1 Å². The fraction of sp³-hybridized carbons (Fsp3) is 0.222. The lowest BCUT2D eigenvalue weighted by atomic mass is 10.2. The maximum absolute atomic E-state index is 13.1. The third-order valence-electron chi connectivity index (χ3n) is 3.28. The second-order valence-corrected chi connectivity index (χ2v) is 7.61. The van der Waals surface area contributed by atoms with Gasteiger partial charge in [-0.15, -0.1) is 11.3 Å². The van der Waals surface area contributed by atoms with Gasteiger partial charge in [-0.2, -0.15) is 0 Å². The highest BCUT2D eigenvalue weighted by molar-refractivity contribution is 8.13. The molecule has 0 aliphatic heterocycles. The minimum atomic E-state index is -0.260. The number of nitrogens with two attached hydrogens (primary N) is 3. The van der Waals surface area contributed by atoms with Crippen LogP contribution in [-0.4, -0.2) is 10.2 Å². The van der Waals surface area contributed by atoms with E-state index < -0.39 is 0 Å². The van der Waals surface area contributed by atoms with Crippen LogP contribution in [0.4, 0.5) is 4.39 Å². The van der Waals surface area contributed by atoms with Gasteiger partial charge in [-0.25, -0.2) is 14.4 Å². The lowest BCUT2D eigenvalue weighted by Crippen LogP contribution is -2.10. The summed E-state index contributed by atoms with van der Waals surface area (Å²) in [5.74, 6) is 0.533. The van der Waals surface area contributed by atoms with Gasteiger partial charge in [0.2, 0.25) is 0 Å². The smallest absolute Gasteiger partial charge is 0.161 e. The van der Waals surface area contributed by atoms with E-state index in [0.29, 0.717) is 16.6 Å². The van der Waals surface area contributed by atoms with Crippen molar-refractivity contribution in [2.45, 2.75) is 25.5 Å². The maximum atomic E-state index is 13.1. The quantitative estimate of drug-likeness (QED) is 0.379. The Balaban J connectivity index is 2.16. The first-order valence-corrected chi connectivity index (χ1v) is 9.82. The van der Waals surface area contributed by atoms with E-state index in [-0.39, 0.29) is 11.6 Å². The molecule has 8 heteroatoms. The second-order valence-electron chi connectivity index (χ2n) is 5.53. The number of halogens is 1. The first-order valence-electron chi connectivity index (χ1n) is 8.02. The number of aromatic nitrogens is 1. The summed E-state index contributed by atoms with van der Waals surface area (Å²) in [5.41, 5.74) is 19.3. The van der Waals surface area contributed by atoms with Crippen LogP contribution < -0.4 is 17.2 Å². The zero-order valence-electron chi connectivity index (χ0n) is 14.5. The summed E-state index contributed by atoms with van der Waals surface area (Å²) < 4.78 is 13.1. The van der Waals surface area contributed by atoms with E-state index in [9.17, 15) is 4.39 Å². The average molecular weight is 392 g/mol. The van der Waals surface area contributed by atoms with Gasteiger partial charge in [0, 0.05) is 28.0 Å². The van der Waals surface area contributed by atoms with Crippen LogP contribution in [0.2, 0.25) is 0 Å². The average Bonchev–Trinajstić information content (AvgIpc) is 2.96. The van der Waals surface area contributed by atoms with Crippen molar-refractivity contribution >= 4 is 28.3 Å². The van der Waals surface area contributed by atoms with Crippen LogP contribution in [0.3, 0.4) is 0 Å². The predicted octanol–water partition coefficient (Wildman–Crippen LogP) is 3.72. The molecule has 0 saturated heterocycles. The number of nitrogens with zero attached hydrogens (tertiary/aromatic N) is 2. The normalized spacial score (nSPS) is 12.4. The number of hydrogen-bond acceptors (Lipinski definition) is 6. The van der Waals surface area contributed by atoms with Crippen molar-refractivity contribution in [2.24, 2.45) is 22.2 Å². The van der Waals surface area contributed by atoms with Crippen LogP contribution in [0.15, 0.2) is 53.4 Å². The summed E-state index contributed by atoms with van der Waals surface area (Å²) in [5, 5.41) is 1.21. The van der Waals surface area contributed by atoms with E-state index in [1.54, 1.807) is 23.5 Å². The van der Waals surface area contributed by atoms with Crippen molar-refractivity contribution in [3.63, 3.8) is 0 Å². The molecule has 0 aliphatic rings. The molecule has 0 bridgehead atoms. The van der Waals surface area contributed by atoms with E-state index in [4.69, 9.17) is 22.2 Å². The Morgan fingerprint density at radius 1 is 1.31 bits per heavy atom. The zero-order valence-corrected chi connectivity index (χ0v) is 16.2. The summed E-state index contributed by atoms with van der Waals surface area (Å²) in [6.45, 7) is 5.66. The third-order valence-corrected chi connectivity index (χ3v) is 5.29. The number of thiazole rings is 1. The molecule has 1 heterocycles. The van der Waals surface area contributed by atoms with Crippen molar-refractivity contribution in [1.29, 1.82) is 0 Å². The highest BCUT2D eigenvalue weighted by Gasteiger charge is 2.13. The van der Waals surface area contributed by atoms with Crippen LogP contribution in [0, 0.1) is 5.82 Å². The van der Waals surface area contributed by atoms with Crippen LogP contribution in [-0.2, 0) is 12.2 Å². The molecule has 0 aliphatic carbocycles. The molecule has 26 heavy (non-hydrogen) atoms. The van der Waals surface area contributed by atoms with Gasteiger partial charge in [0.1, 0.15) is 16.6 Å². The number of allylic oxidation sites excluding steroid dienone is 1. The Kier molecular flexibility index (Phi) is 7.23. The topological polar surface area (TPSA) is 103 Å². The van der Waals surface area contributed by atoms with Gasteiger partial charge in [0.25, 0.3) is 0 Å². The lowest BCUT2D eigenvalue weighted by Gasteiger charge is -2.02. The standard InChI is InChI=1S/C18H22FN5S2/c1-3-4-15-14(10-25-18(22)24-16(21)9-11(2)20)23-17(26-15)12-5-7-13(19)8-6-12/h5-9H,2-4,10,20-21H2,1H3,(H2,22,24)/b16-9-. The summed E-state index contributed by atoms with van der Waals surface area (Å²) in [4.78, 5) is 9.98. The van der Waals surface area contributed by atoms with E-state index in [0.717, 1.165) is 29.1 Å². The van der Waals surface area contributed by atoms with Crippen LogP contribution in [0.25, 0.3) is 10.6 Å². The molecule has 0 amide bonds. The lowest BCUT2D eigenvalue weighted by molar-refractivity contribution is 0.628.